The lowest BCUT2D eigenvalue weighted by Crippen LogP contribution is -2.50. The molecule has 0 saturated carbocycles. The molecule has 1 rings (SSSR count). The maximum absolute atomic E-state index is 10.5. The van der Waals surface area contributed by atoms with Crippen LogP contribution in [0, 0.1) is 0 Å². The summed E-state index contributed by atoms with van der Waals surface area (Å²) >= 11 is 0. The van der Waals surface area contributed by atoms with Crippen molar-refractivity contribution in [3.63, 3.8) is 0 Å². The Bertz CT molecular complexity index is 147. The summed E-state index contributed by atoms with van der Waals surface area (Å²) in [6.07, 6.45) is 3.66. The quantitative estimate of drug-likeness (QED) is 0.458. The van der Waals surface area contributed by atoms with Gasteiger partial charge in [0.05, 0.1) is 0 Å². The summed E-state index contributed by atoms with van der Waals surface area (Å²) in [6, 6.07) is 0.318. The van der Waals surface area contributed by atoms with E-state index < -0.39 is 0 Å². The molecule has 1 heterocycles. The lowest BCUT2D eigenvalue weighted by Gasteiger charge is -2.32. The van der Waals surface area contributed by atoms with E-state index in [0.717, 1.165) is 32.5 Å². The highest BCUT2D eigenvalue weighted by Crippen LogP contribution is 2.04. The number of carbonyl (C=O) groups excluding carboxylic acids is 1. The van der Waals surface area contributed by atoms with Gasteiger partial charge in [0.1, 0.15) is 0 Å². The van der Waals surface area contributed by atoms with E-state index >= 15 is 0 Å². The molecule has 1 aliphatic heterocycles. The van der Waals surface area contributed by atoms with Gasteiger partial charge in [-0.25, -0.2) is 0 Å². The van der Waals surface area contributed by atoms with Crippen LogP contribution >= 0.6 is 0 Å². The van der Waals surface area contributed by atoms with Crippen LogP contribution in [-0.4, -0.2) is 37.0 Å². The Morgan fingerprint density at radius 1 is 1.73 bits per heavy atom. The molecule has 1 unspecified atom stereocenters. The van der Waals surface area contributed by atoms with Crippen LogP contribution < -0.4 is 5.32 Å². The zero-order valence-corrected chi connectivity index (χ0v) is 6.62. The van der Waals surface area contributed by atoms with Gasteiger partial charge in [0, 0.05) is 25.7 Å². The minimum absolute atomic E-state index is 0.318. The molecule has 0 aliphatic carbocycles. The van der Waals surface area contributed by atoms with Crippen LogP contribution in [0.2, 0.25) is 0 Å². The topological polar surface area (TPSA) is 32.3 Å². The van der Waals surface area contributed by atoms with Gasteiger partial charge >= 0.3 is 0 Å². The molecule has 0 aromatic heterocycles. The summed E-state index contributed by atoms with van der Waals surface area (Å²) in [7, 11) is 0. The fraction of sp³-hybridized carbons (Fsp3) is 0.625. The lowest BCUT2D eigenvalue weighted by molar-refractivity contribution is -0.120. The molecule has 11 heavy (non-hydrogen) atoms. The first-order valence-corrected chi connectivity index (χ1v) is 3.91. The summed E-state index contributed by atoms with van der Waals surface area (Å²) in [5.74, 6) is 0. The van der Waals surface area contributed by atoms with Crippen LogP contribution in [0.15, 0.2) is 12.7 Å². The zero-order valence-electron chi connectivity index (χ0n) is 6.62. The molecule has 1 amide bonds. The van der Waals surface area contributed by atoms with Crippen LogP contribution in [0.5, 0.6) is 0 Å². The Labute approximate surface area is 67.1 Å². The predicted molar refractivity (Wildman–Crippen MR) is 44.2 cm³/mol. The molecule has 1 atom stereocenters. The first-order valence-electron chi connectivity index (χ1n) is 3.91. The molecule has 0 aromatic carbocycles. The van der Waals surface area contributed by atoms with Gasteiger partial charge in [-0.05, 0) is 6.42 Å². The van der Waals surface area contributed by atoms with Crippen LogP contribution in [0.4, 0.5) is 0 Å². The monoisotopic (exact) mass is 154 g/mol. The van der Waals surface area contributed by atoms with Crippen LogP contribution in [0.3, 0.4) is 0 Å². The SMILES string of the molecule is C=CCC1CNCCN1C=O. The molecule has 0 aromatic rings. The molecular formula is C8H14N2O. The third-order valence-corrected chi connectivity index (χ3v) is 1.97. The number of piperazine rings is 1. The number of nitrogens with one attached hydrogen (secondary N) is 1. The van der Waals surface area contributed by atoms with Crippen molar-refractivity contribution in [1.82, 2.24) is 10.2 Å². The van der Waals surface area contributed by atoms with Crippen molar-refractivity contribution in [2.75, 3.05) is 19.6 Å². The van der Waals surface area contributed by atoms with Crippen molar-refractivity contribution in [2.45, 2.75) is 12.5 Å². The van der Waals surface area contributed by atoms with Gasteiger partial charge in [0.25, 0.3) is 0 Å². The summed E-state index contributed by atoms with van der Waals surface area (Å²) in [5, 5.41) is 3.24. The van der Waals surface area contributed by atoms with Gasteiger partial charge in [-0.15, -0.1) is 6.58 Å². The smallest absolute Gasteiger partial charge is 0.210 e. The Balaban J connectivity index is 2.43. The fourth-order valence-corrected chi connectivity index (χ4v) is 1.33. The largest absolute Gasteiger partial charge is 0.339 e. The minimum atomic E-state index is 0.318. The highest BCUT2D eigenvalue weighted by molar-refractivity contribution is 5.48. The van der Waals surface area contributed by atoms with Crippen molar-refractivity contribution in [2.24, 2.45) is 0 Å². The Morgan fingerprint density at radius 3 is 3.18 bits per heavy atom. The van der Waals surface area contributed by atoms with Gasteiger partial charge in [-0.2, -0.15) is 0 Å². The van der Waals surface area contributed by atoms with Crippen molar-refractivity contribution < 1.29 is 4.79 Å². The first kappa shape index (κ1) is 8.27. The second-order valence-corrected chi connectivity index (χ2v) is 2.73. The van der Waals surface area contributed by atoms with Crippen molar-refractivity contribution in [1.29, 1.82) is 0 Å². The zero-order chi connectivity index (χ0) is 8.10. The third-order valence-electron chi connectivity index (χ3n) is 1.97. The molecule has 1 N–H and O–H groups in total. The van der Waals surface area contributed by atoms with Gasteiger partial charge in [-0.3, -0.25) is 4.79 Å². The molecule has 0 bridgehead atoms. The highest BCUT2D eigenvalue weighted by Gasteiger charge is 2.18. The van der Waals surface area contributed by atoms with E-state index in [2.05, 4.69) is 11.9 Å². The molecule has 1 saturated heterocycles. The number of hydrogen-bond acceptors (Lipinski definition) is 2. The van der Waals surface area contributed by atoms with Gasteiger partial charge in [0.2, 0.25) is 6.41 Å². The summed E-state index contributed by atoms with van der Waals surface area (Å²) in [4.78, 5) is 12.3. The number of rotatable bonds is 3. The average molecular weight is 154 g/mol. The normalized spacial score (nSPS) is 24.7. The van der Waals surface area contributed by atoms with E-state index in [1.807, 2.05) is 11.0 Å². The maximum atomic E-state index is 10.5. The van der Waals surface area contributed by atoms with E-state index in [1.165, 1.54) is 0 Å². The molecule has 3 heteroatoms. The Kier molecular flexibility index (Phi) is 3.11. The van der Waals surface area contributed by atoms with Gasteiger partial charge in [0.15, 0.2) is 0 Å². The van der Waals surface area contributed by atoms with Gasteiger partial charge in [-0.1, -0.05) is 6.08 Å². The van der Waals surface area contributed by atoms with E-state index in [4.69, 9.17) is 0 Å². The fourth-order valence-electron chi connectivity index (χ4n) is 1.33. The average Bonchev–Trinajstić information content (AvgIpc) is 2.06. The van der Waals surface area contributed by atoms with Gasteiger partial charge < -0.3 is 10.2 Å². The second-order valence-electron chi connectivity index (χ2n) is 2.73. The van der Waals surface area contributed by atoms with Crippen LogP contribution in [-0.2, 0) is 4.79 Å². The number of nitrogens with zero attached hydrogens (tertiary/aromatic N) is 1. The minimum Gasteiger partial charge on any atom is -0.339 e. The van der Waals surface area contributed by atoms with Crippen molar-refractivity contribution >= 4 is 6.41 Å². The van der Waals surface area contributed by atoms with Crippen molar-refractivity contribution in [3.8, 4) is 0 Å². The third kappa shape index (κ3) is 2.05. The Morgan fingerprint density at radius 2 is 2.55 bits per heavy atom. The van der Waals surface area contributed by atoms with E-state index in [0.29, 0.717) is 6.04 Å². The molecular weight excluding hydrogens is 140 g/mol. The van der Waals surface area contributed by atoms with E-state index in [9.17, 15) is 4.79 Å². The first-order chi connectivity index (χ1) is 5.38. The number of amides is 1. The van der Waals surface area contributed by atoms with Crippen LogP contribution in [0.1, 0.15) is 6.42 Å². The molecule has 62 valence electrons. The van der Waals surface area contributed by atoms with Crippen molar-refractivity contribution in [3.05, 3.63) is 12.7 Å². The predicted octanol–water partition coefficient (Wildman–Crippen LogP) is -0.00730. The molecule has 1 aliphatic rings. The molecule has 1 fully saturated rings. The summed E-state index contributed by atoms with van der Waals surface area (Å²) in [6.45, 7) is 6.28. The molecule has 3 nitrogen and oxygen atoms in total. The van der Waals surface area contributed by atoms with E-state index in [-0.39, 0.29) is 0 Å². The Hall–Kier alpha value is -0.830. The lowest BCUT2D eigenvalue weighted by atomic mass is 10.1. The molecule has 0 radical (unpaired) electrons. The summed E-state index contributed by atoms with van der Waals surface area (Å²) in [5.41, 5.74) is 0. The standard InChI is InChI=1S/C8H14N2O/c1-2-3-8-6-9-4-5-10(8)7-11/h2,7-9H,1,3-6H2. The second kappa shape index (κ2) is 4.13. The highest BCUT2D eigenvalue weighted by atomic mass is 16.1. The maximum Gasteiger partial charge on any atom is 0.210 e. The number of hydrogen-bond donors (Lipinski definition) is 1. The van der Waals surface area contributed by atoms with Crippen LogP contribution in [0.25, 0.3) is 0 Å². The molecule has 0 spiro atoms. The summed E-state index contributed by atoms with van der Waals surface area (Å²) < 4.78 is 0. The number of carbonyl (C=O) groups is 1. The van der Waals surface area contributed by atoms with E-state index in [1.54, 1.807) is 0 Å².